The van der Waals surface area contributed by atoms with E-state index in [1.54, 1.807) is 56.9 Å². The summed E-state index contributed by atoms with van der Waals surface area (Å²) in [5.74, 6) is 0.133. The number of alkyl carbamates (subject to hydrolysis) is 1. The van der Waals surface area contributed by atoms with Crippen molar-refractivity contribution in [1.82, 2.24) is 10.2 Å². The Balaban J connectivity index is 1.74. The third-order valence-electron chi connectivity index (χ3n) is 5.10. The van der Waals surface area contributed by atoms with Crippen LogP contribution in [0.1, 0.15) is 52.5 Å². The Labute approximate surface area is 185 Å². The summed E-state index contributed by atoms with van der Waals surface area (Å²) in [7, 11) is -3.75. The van der Waals surface area contributed by atoms with E-state index in [1.807, 2.05) is 6.92 Å². The molecule has 0 saturated carbocycles. The van der Waals surface area contributed by atoms with Gasteiger partial charge in [0.05, 0.1) is 11.5 Å². The predicted molar refractivity (Wildman–Crippen MR) is 117 cm³/mol. The Morgan fingerprint density at radius 2 is 1.74 bits per heavy atom. The number of benzene rings is 1. The van der Waals surface area contributed by atoms with Gasteiger partial charge in [-0.15, -0.1) is 0 Å². The van der Waals surface area contributed by atoms with Gasteiger partial charge in [0, 0.05) is 13.1 Å². The van der Waals surface area contributed by atoms with Crippen LogP contribution in [0.2, 0.25) is 0 Å². The predicted octanol–water partition coefficient (Wildman–Crippen LogP) is 3.24. The Morgan fingerprint density at radius 3 is 2.29 bits per heavy atom. The number of aryl methyl sites for hydroxylation is 1. The number of carbonyl (C=O) groups is 2. The van der Waals surface area contributed by atoms with E-state index in [2.05, 4.69) is 5.32 Å². The van der Waals surface area contributed by atoms with Gasteiger partial charge in [-0.25, -0.2) is 4.79 Å². The number of nitrogens with one attached hydrogen (secondary N) is 1. The molecule has 31 heavy (non-hydrogen) atoms. The molecule has 174 valence electrons. The molecule has 1 aromatic rings. The molecule has 0 unspecified atom stereocenters. The zero-order valence-electron chi connectivity index (χ0n) is 19.0. The quantitative estimate of drug-likeness (QED) is 0.635. The van der Waals surface area contributed by atoms with Crippen molar-refractivity contribution in [3.63, 3.8) is 0 Å². The standard InChI is InChI=1S/C22H34N2O6S/c1-16-6-8-19(9-7-16)31(27,28)29-15-12-18-10-13-24(14-11-18)20(25)17(2)23-21(26)30-22(3,4)5/h6-9,17-18H,10-15H2,1-5H3,(H,23,26)/t17-/m0/s1. The third kappa shape index (κ3) is 8.14. The lowest BCUT2D eigenvalue weighted by atomic mass is 9.93. The molecule has 0 spiro atoms. The normalized spacial score (nSPS) is 16.6. The molecule has 1 aliphatic rings. The fourth-order valence-corrected chi connectivity index (χ4v) is 4.28. The number of likely N-dealkylation sites (tertiary alicyclic amines) is 1. The zero-order valence-corrected chi connectivity index (χ0v) is 19.8. The number of amides is 2. The van der Waals surface area contributed by atoms with Crippen LogP contribution >= 0.6 is 0 Å². The molecule has 1 N–H and O–H groups in total. The second-order valence-electron chi connectivity index (χ2n) is 9.01. The topological polar surface area (TPSA) is 102 Å². The zero-order chi connectivity index (χ0) is 23.2. The lowest BCUT2D eigenvalue weighted by Gasteiger charge is -2.33. The second-order valence-corrected chi connectivity index (χ2v) is 10.6. The van der Waals surface area contributed by atoms with Gasteiger partial charge >= 0.3 is 6.09 Å². The number of hydrogen-bond donors (Lipinski definition) is 1. The summed E-state index contributed by atoms with van der Waals surface area (Å²) < 4.78 is 34.9. The van der Waals surface area contributed by atoms with Crippen molar-refractivity contribution < 1.29 is 26.9 Å². The molecule has 1 atom stereocenters. The summed E-state index contributed by atoms with van der Waals surface area (Å²) in [4.78, 5) is 26.3. The lowest BCUT2D eigenvalue weighted by Crippen LogP contribution is -2.50. The van der Waals surface area contributed by atoms with Crippen LogP contribution in [0.5, 0.6) is 0 Å². The van der Waals surface area contributed by atoms with Crippen LogP contribution in [0.4, 0.5) is 4.79 Å². The van der Waals surface area contributed by atoms with E-state index in [0.717, 1.165) is 18.4 Å². The van der Waals surface area contributed by atoms with Crippen LogP contribution in [0, 0.1) is 12.8 Å². The Bertz CT molecular complexity index is 853. The largest absolute Gasteiger partial charge is 0.444 e. The summed E-state index contributed by atoms with van der Waals surface area (Å²) in [6, 6.07) is 5.89. The number of hydrogen-bond acceptors (Lipinski definition) is 6. The van der Waals surface area contributed by atoms with Crippen molar-refractivity contribution in [3.8, 4) is 0 Å². The van der Waals surface area contributed by atoms with Gasteiger partial charge in [-0.3, -0.25) is 8.98 Å². The molecule has 1 aromatic carbocycles. The van der Waals surface area contributed by atoms with Gasteiger partial charge in [0.25, 0.3) is 10.1 Å². The third-order valence-corrected chi connectivity index (χ3v) is 6.43. The summed E-state index contributed by atoms with van der Waals surface area (Å²) >= 11 is 0. The highest BCUT2D eigenvalue weighted by Crippen LogP contribution is 2.22. The Kier molecular flexibility index (Phi) is 8.48. The highest BCUT2D eigenvalue weighted by atomic mass is 32.2. The molecule has 2 rings (SSSR count). The van der Waals surface area contributed by atoms with Gasteiger partial charge in [0.2, 0.25) is 5.91 Å². The summed E-state index contributed by atoms with van der Waals surface area (Å²) in [6.07, 6.45) is 1.52. The van der Waals surface area contributed by atoms with Crippen LogP contribution < -0.4 is 5.32 Å². The number of carbonyl (C=O) groups excluding carboxylic acids is 2. The molecular weight excluding hydrogens is 420 g/mol. The first-order chi connectivity index (χ1) is 14.4. The molecule has 9 heteroatoms. The Hall–Kier alpha value is -2.13. The van der Waals surface area contributed by atoms with E-state index in [-0.39, 0.29) is 23.3 Å². The van der Waals surface area contributed by atoms with E-state index in [1.165, 1.54) is 0 Å². The molecule has 0 bridgehead atoms. The molecule has 0 radical (unpaired) electrons. The van der Waals surface area contributed by atoms with Crippen LogP contribution in [0.3, 0.4) is 0 Å². The van der Waals surface area contributed by atoms with E-state index in [9.17, 15) is 18.0 Å². The molecule has 1 aliphatic heterocycles. The maximum Gasteiger partial charge on any atom is 0.408 e. The number of nitrogens with zero attached hydrogens (tertiary/aromatic N) is 1. The van der Waals surface area contributed by atoms with Crippen LogP contribution in [-0.4, -0.2) is 56.7 Å². The highest BCUT2D eigenvalue weighted by molar-refractivity contribution is 7.86. The monoisotopic (exact) mass is 454 g/mol. The lowest BCUT2D eigenvalue weighted by molar-refractivity contribution is -0.134. The number of piperidine rings is 1. The highest BCUT2D eigenvalue weighted by Gasteiger charge is 2.28. The fraction of sp³-hybridized carbons (Fsp3) is 0.636. The van der Waals surface area contributed by atoms with Crippen molar-refractivity contribution >= 4 is 22.1 Å². The number of ether oxygens (including phenoxy) is 1. The van der Waals surface area contributed by atoms with E-state index in [0.29, 0.717) is 19.5 Å². The van der Waals surface area contributed by atoms with Gasteiger partial charge < -0.3 is 15.0 Å². The summed E-state index contributed by atoms with van der Waals surface area (Å²) in [6.45, 7) is 10.1. The average Bonchev–Trinajstić information content (AvgIpc) is 2.66. The van der Waals surface area contributed by atoms with Crippen molar-refractivity contribution in [2.24, 2.45) is 5.92 Å². The molecule has 8 nitrogen and oxygen atoms in total. The Morgan fingerprint density at radius 1 is 1.16 bits per heavy atom. The van der Waals surface area contributed by atoms with Crippen molar-refractivity contribution in [1.29, 1.82) is 0 Å². The molecule has 2 amide bonds. The van der Waals surface area contributed by atoms with E-state index >= 15 is 0 Å². The first kappa shape index (κ1) is 25.1. The SMILES string of the molecule is Cc1ccc(S(=O)(=O)OCCC2CCN(C(=O)[C@H](C)NC(=O)OC(C)(C)C)CC2)cc1. The minimum absolute atomic E-state index is 0.116. The summed E-state index contributed by atoms with van der Waals surface area (Å²) in [5, 5.41) is 2.58. The van der Waals surface area contributed by atoms with Crippen molar-refractivity contribution in [3.05, 3.63) is 29.8 Å². The van der Waals surface area contributed by atoms with Gasteiger partial charge in [-0.05, 0) is 71.9 Å². The molecule has 0 aromatic heterocycles. The maximum atomic E-state index is 12.6. The fourth-order valence-electron chi connectivity index (χ4n) is 3.36. The van der Waals surface area contributed by atoms with Gasteiger partial charge in [-0.1, -0.05) is 17.7 Å². The molecule has 1 heterocycles. The molecule has 1 saturated heterocycles. The first-order valence-electron chi connectivity index (χ1n) is 10.6. The van der Waals surface area contributed by atoms with Crippen molar-refractivity contribution in [2.45, 2.75) is 70.4 Å². The molecular formula is C22H34N2O6S. The first-order valence-corrected chi connectivity index (χ1v) is 12.0. The number of rotatable bonds is 7. The minimum atomic E-state index is -3.75. The van der Waals surface area contributed by atoms with Gasteiger partial charge in [-0.2, -0.15) is 8.42 Å². The average molecular weight is 455 g/mol. The van der Waals surface area contributed by atoms with Gasteiger partial charge in [0.1, 0.15) is 11.6 Å². The van der Waals surface area contributed by atoms with Crippen LogP contribution in [-0.2, 0) is 23.8 Å². The van der Waals surface area contributed by atoms with Crippen LogP contribution in [0.25, 0.3) is 0 Å². The van der Waals surface area contributed by atoms with Crippen LogP contribution in [0.15, 0.2) is 29.2 Å². The smallest absolute Gasteiger partial charge is 0.408 e. The second kappa shape index (κ2) is 10.5. The summed E-state index contributed by atoms with van der Waals surface area (Å²) in [5.41, 5.74) is 0.357. The molecule has 1 fully saturated rings. The van der Waals surface area contributed by atoms with E-state index < -0.39 is 27.9 Å². The van der Waals surface area contributed by atoms with Crippen molar-refractivity contribution in [2.75, 3.05) is 19.7 Å². The maximum absolute atomic E-state index is 12.6. The van der Waals surface area contributed by atoms with E-state index in [4.69, 9.17) is 8.92 Å². The minimum Gasteiger partial charge on any atom is -0.444 e. The van der Waals surface area contributed by atoms with Gasteiger partial charge in [0.15, 0.2) is 0 Å². The molecule has 0 aliphatic carbocycles.